The molecule has 0 atom stereocenters. The van der Waals surface area contributed by atoms with Crippen molar-refractivity contribution < 1.29 is 18.8 Å². The lowest BCUT2D eigenvalue weighted by molar-refractivity contribution is -0.127. The summed E-state index contributed by atoms with van der Waals surface area (Å²) in [6, 6.07) is 3.88. The van der Waals surface area contributed by atoms with Crippen molar-refractivity contribution in [3.63, 3.8) is 0 Å². The van der Waals surface area contributed by atoms with Gasteiger partial charge in [0.05, 0.1) is 23.8 Å². The molecule has 6 rings (SSSR count). The maximum atomic E-state index is 14.1. The Balaban J connectivity index is 1.04. The first-order chi connectivity index (χ1) is 20.9. The number of amides is 3. The van der Waals surface area contributed by atoms with Crippen molar-refractivity contribution in [2.24, 2.45) is 5.92 Å². The molecule has 1 aliphatic heterocycles. The Labute approximate surface area is 249 Å². The van der Waals surface area contributed by atoms with Gasteiger partial charge in [0.2, 0.25) is 11.8 Å². The van der Waals surface area contributed by atoms with Crippen LogP contribution in [0.4, 0.5) is 21.6 Å². The van der Waals surface area contributed by atoms with Crippen LogP contribution in [0.1, 0.15) is 74.7 Å². The Kier molecular flexibility index (Phi) is 8.66. The lowest BCUT2D eigenvalue weighted by Gasteiger charge is -2.29. The SMILES string of the molecule is O=C(CC1CCC(Nc2cc(NC3CC3)c3ncc(C(=O)Nc4ccncc4F)n3n2)CC1)NCCCN1CCCC1=O. The quantitative estimate of drug-likeness (QED) is 0.234. The summed E-state index contributed by atoms with van der Waals surface area (Å²) in [5, 5.41) is 17.3. The number of fused-ring (bicyclic) bond motifs is 1. The summed E-state index contributed by atoms with van der Waals surface area (Å²) in [7, 11) is 0. The second kappa shape index (κ2) is 12.9. The molecule has 228 valence electrons. The largest absolute Gasteiger partial charge is 0.379 e. The van der Waals surface area contributed by atoms with Gasteiger partial charge in [-0.05, 0) is 63.4 Å². The topological polar surface area (TPSA) is 146 Å². The van der Waals surface area contributed by atoms with Crippen molar-refractivity contribution in [3.05, 3.63) is 42.2 Å². The fourth-order valence-corrected chi connectivity index (χ4v) is 5.90. The zero-order chi connectivity index (χ0) is 29.8. The van der Waals surface area contributed by atoms with Crippen LogP contribution in [0.3, 0.4) is 0 Å². The minimum Gasteiger partial charge on any atom is -0.379 e. The summed E-state index contributed by atoms with van der Waals surface area (Å²) in [4.78, 5) is 47.4. The maximum absolute atomic E-state index is 14.1. The molecule has 0 unspecified atom stereocenters. The summed E-state index contributed by atoms with van der Waals surface area (Å²) in [6.07, 6.45) is 12.6. The van der Waals surface area contributed by atoms with E-state index in [1.54, 1.807) is 0 Å². The highest BCUT2D eigenvalue weighted by atomic mass is 19.1. The molecule has 12 nitrogen and oxygen atoms in total. The molecule has 3 amide bonds. The van der Waals surface area contributed by atoms with E-state index in [1.807, 2.05) is 11.0 Å². The highest BCUT2D eigenvalue weighted by Crippen LogP contribution is 2.31. The van der Waals surface area contributed by atoms with Crippen LogP contribution < -0.4 is 21.3 Å². The molecule has 2 saturated carbocycles. The molecule has 3 aliphatic rings. The summed E-state index contributed by atoms with van der Waals surface area (Å²) in [5.74, 6) is 0.0940. The maximum Gasteiger partial charge on any atom is 0.276 e. The van der Waals surface area contributed by atoms with E-state index in [2.05, 4.69) is 31.2 Å². The predicted molar refractivity (Wildman–Crippen MR) is 159 cm³/mol. The van der Waals surface area contributed by atoms with Crippen LogP contribution in [0.25, 0.3) is 5.65 Å². The third kappa shape index (κ3) is 7.20. The number of hydrogen-bond donors (Lipinski definition) is 4. The van der Waals surface area contributed by atoms with Crippen molar-refractivity contribution in [2.75, 3.05) is 35.6 Å². The van der Waals surface area contributed by atoms with Crippen LogP contribution >= 0.6 is 0 Å². The molecule has 0 bridgehead atoms. The minimum absolute atomic E-state index is 0.0320. The second-order valence-electron chi connectivity index (χ2n) is 11.8. The standard InChI is InChI=1S/C30H38FN9O3/c31-22-17-32-12-10-23(22)37-30(43)25-18-34-29-24(35-20-8-9-20)16-26(38-40(25)29)36-21-6-4-19(5-7-21)15-27(41)33-11-2-14-39-13-1-3-28(39)42/h10,12,16-21,35H,1-9,11,13-15H2,(H,33,41)(H,36,38)(H,32,37,43). The lowest BCUT2D eigenvalue weighted by atomic mass is 9.84. The number of carbonyl (C=O) groups excluding carboxylic acids is 3. The predicted octanol–water partition coefficient (Wildman–Crippen LogP) is 3.58. The first-order valence-corrected chi connectivity index (χ1v) is 15.3. The molecule has 3 aromatic rings. The fraction of sp³-hybridized carbons (Fsp3) is 0.533. The van der Waals surface area contributed by atoms with Crippen LogP contribution in [0.5, 0.6) is 0 Å². The number of anilines is 3. The van der Waals surface area contributed by atoms with E-state index < -0.39 is 11.7 Å². The van der Waals surface area contributed by atoms with Crippen molar-refractivity contribution in [3.8, 4) is 0 Å². The number of pyridine rings is 1. The van der Waals surface area contributed by atoms with Crippen molar-refractivity contribution >= 4 is 40.6 Å². The fourth-order valence-electron chi connectivity index (χ4n) is 5.90. The van der Waals surface area contributed by atoms with Gasteiger partial charge in [-0.2, -0.15) is 0 Å². The number of halogens is 1. The van der Waals surface area contributed by atoms with E-state index in [1.165, 1.54) is 23.0 Å². The minimum atomic E-state index is -0.626. The number of nitrogens with one attached hydrogen (secondary N) is 4. The molecule has 0 radical (unpaired) electrons. The molecular weight excluding hydrogens is 553 g/mol. The average molecular weight is 592 g/mol. The Bertz CT molecular complexity index is 1480. The number of hydrogen-bond acceptors (Lipinski definition) is 8. The molecule has 13 heteroatoms. The molecule has 4 N–H and O–H groups in total. The average Bonchev–Trinajstić information content (AvgIpc) is 3.55. The Hall–Kier alpha value is -4.29. The van der Waals surface area contributed by atoms with Crippen molar-refractivity contribution in [2.45, 2.75) is 76.3 Å². The van der Waals surface area contributed by atoms with E-state index in [-0.39, 0.29) is 29.2 Å². The van der Waals surface area contributed by atoms with Gasteiger partial charge >= 0.3 is 0 Å². The Morgan fingerprint density at radius 3 is 2.56 bits per heavy atom. The Morgan fingerprint density at radius 1 is 1.02 bits per heavy atom. The number of imidazole rings is 1. The number of likely N-dealkylation sites (tertiary alicyclic amines) is 1. The van der Waals surface area contributed by atoms with E-state index in [0.717, 1.165) is 69.8 Å². The Morgan fingerprint density at radius 2 is 1.81 bits per heavy atom. The van der Waals surface area contributed by atoms with Crippen molar-refractivity contribution in [1.82, 2.24) is 29.8 Å². The summed E-state index contributed by atoms with van der Waals surface area (Å²) >= 11 is 0. The van der Waals surface area contributed by atoms with E-state index in [9.17, 15) is 18.8 Å². The summed E-state index contributed by atoms with van der Waals surface area (Å²) in [6.45, 7) is 2.14. The highest BCUT2D eigenvalue weighted by Gasteiger charge is 2.27. The normalized spacial score (nSPS) is 20.3. The lowest BCUT2D eigenvalue weighted by Crippen LogP contribution is -2.33. The molecule has 0 spiro atoms. The summed E-state index contributed by atoms with van der Waals surface area (Å²) < 4.78 is 15.6. The number of carbonyl (C=O) groups is 3. The molecular formula is C30H38FN9O3. The van der Waals surface area contributed by atoms with Gasteiger partial charge in [-0.3, -0.25) is 19.4 Å². The third-order valence-electron chi connectivity index (χ3n) is 8.43. The van der Waals surface area contributed by atoms with Crippen LogP contribution in [0.2, 0.25) is 0 Å². The molecule has 0 aromatic carbocycles. The van der Waals surface area contributed by atoms with Crippen molar-refractivity contribution in [1.29, 1.82) is 0 Å². The highest BCUT2D eigenvalue weighted by molar-refractivity contribution is 6.03. The van der Waals surface area contributed by atoms with Gasteiger partial charge in [-0.25, -0.2) is 13.9 Å². The van der Waals surface area contributed by atoms with Crippen LogP contribution in [-0.4, -0.2) is 73.9 Å². The van der Waals surface area contributed by atoms with Crippen LogP contribution in [0, 0.1) is 11.7 Å². The van der Waals surface area contributed by atoms with Crippen LogP contribution in [0.15, 0.2) is 30.7 Å². The molecule has 43 heavy (non-hydrogen) atoms. The van der Waals surface area contributed by atoms with Gasteiger partial charge in [0, 0.05) is 56.8 Å². The zero-order valence-corrected chi connectivity index (χ0v) is 24.1. The van der Waals surface area contributed by atoms with Crippen LogP contribution in [-0.2, 0) is 9.59 Å². The van der Waals surface area contributed by atoms with Gasteiger partial charge in [-0.1, -0.05) is 0 Å². The zero-order valence-electron chi connectivity index (χ0n) is 24.1. The molecule has 2 aliphatic carbocycles. The van der Waals surface area contributed by atoms with Gasteiger partial charge in [0.1, 0.15) is 5.82 Å². The van der Waals surface area contributed by atoms with E-state index in [0.29, 0.717) is 49.4 Å². The molecule has 4 heterocycles. The van der Waals surface area contributed by atoms with E-state index >= 15 is 0 Å². The first-order valence-electron chi connectivity index (χ1n) is 15.3. The van der Waals surface area contributed by atoms with Gasteiger partial charge in [0.25, 0.3) is 5.91 Å². The first kappa shape index (κ1) is 28.8. The van der Waals surface area contributed by atoms with E-state index in [4.69, 9.17) is 5.10 Å². The smallest absolute Gasteiger partial charge is 0.276 e. The monoisotopic (exact) mass is 591 g/mol. The van der Waals surface area contributed by atoms with Gasteiger partial charge < -0.3 is 26.2 Å². The number of aromatic nitrogens is 4. The van der Waals surface area contributed by atoms with Gasteiger partial charge in [0.15, 0.2) is 17.2 Å². The molecule has 1 saturated heterocycles. The van der Waals surface area contributed by atoms with Gasteiger partial charge in [-0.15, -0.1) is 5.10 Å². The second-order valence-corrected chi connectivity index (χ2v) is 11.8. The molecule has 3 aromatic heterocycles. The third-order valence-corrected chi connectivity index (χ3v) is 8.43. The summed E-state index contributed by atoms with van der Waals surface area (Å²) in [5.41, 5.74) is 1.54. The number of nitrogens with zero attached hydrogens (tertiary/aromatic N) is 5. The molecule has 3 fully saturated rings. The number of rotatable bonds is 12.